The molecule has 15 heavy (non-hydrogen) atoms. The molecular weight excluding hydrogens is 194 g/mol. The van der Waals surface area contributed by atoms with Crippen molar-refractivity contribution in [3.05, 3.63) is 11.8 Å². The lowest BCUT2D eigenvalue weighted by atomic mass is 10.2. The van der Waals surface area contributed by atoms with Gasteiger partial charge in [-0.25, -0.2) is 0 Å². The number of rotatable bonds is 1. The van der Waals surface area contributed by atoms with Crippen LogP contribution >= 0.6 is 0 Å². The van der Waals surface area contributed by atoms with Crippen LogP contribution in [-0.4, -0.2) is 43.2 Å². The van der Waals surface area contributed by atoms with Gasteiger partial charge in [-0.3, -0.25) is 4.79 Å². The van der Waals surface area contributed by atoms with Gasteiger partial charge in [-0.1, -0.05) is 0 Å². The van der Waals surface area contributed by atoms with Crippen LogP contribution in [0, 0.1) is 0 Å². The van der Waals surface area contributed by atoms with Gasteiger partial charge in [-0.05, 0) is 13.3 Å². The summed E-state index contributed by atoms with van der Waals surface area (Å²) in [5, 5.41) is 0. The minimum absolute atomic E-state index is 0.0578. The average molecular weight is 211 g/mol. The molecule has 0 spiro atoms. The summed E-state index contributed by atoms with van der Waals surface area (Å²) in [6.45, 7) is 4.70. The van der Waals surface area contributed by atoms with Crippen molar-refractivity contribution >= 4 is 5.91 Å². The second-order valence-corrected chi connectivity index (χ2v) is 4.02. The lowest BCUT2D eigenvalue weighted by Crippen LogP contribution is -2.39. The third-order valence-electron chi connectivity index (χ3n) is 2.76. The van der Waals surface area contributed by atoms with E-state index in [4.69, 9.17) is 9.47 Å². The van der Waals surface area contributed by atoms with E-state index >= 15 is 0 Å². The molecule has 2 aliphatic heterocycles. The molecule has 2 saturated heterocycles. The fourth-order valence-electron chi connectivity index (χ4n) is 1.84. The zero-order valence-corrected chi connectivity index (χ0v) is 9.07. The lowest BCUT2D eigenvalue weighted by molar-refractivity contribution is -0.130. The van der Waals surface area contributed by atoms with Crippen LogP contribution in [0.4, 0.5) is 0 Å². The number of hydrogen-bond acceptors (Lipinski definition) is 3. The van der Waals surface area contributed by atoms with Crippen LogP contribution in [0.5, 0.6) is 0 Å². The molecule has 0 N–H and O–H groups in total. The van der Waals surface area contributed by atoms with E-state index in [0.717, 1.165) is 18.6 Å². The molecule has 2 rings (SSSR count). The average Bonchev–Trinajstić information content (AvgIpc) is 2.65. The minimum atomic E-state index is 0.0578. The molecule has 0 aromatic rings. The third-order valence-corrected chi connectivity index (χ3v) is 2.76. The van der Waals surface area contributed by atoms with Crippen LogP contribution in [0.15, 0.2) is 11.8 Å². The van der Waals surface area contributed by atoms with Crippen molar-refractivity contribution in [1.82, 2.24) is 4.90 Å². The number of carbonyl (C=O) groups excluding carboxylic acids is 1. The number of morpholine rings is 1. The lowest BCUT2D eigenvalue weighted by Gasteiger charge is -2.25. The quantitative estimate of drug-likeness (QED) is 0.606. The monoisotopic (exact) mass is 211 g/mol. The zero-order chi connectivity index (χ0) is 10.7. The number of allylic oxidation sites excluding steroid dienone is 1. The van der Waals surface area contributed by atoms with Crippen molar-refractivity contribution in [2.24, 2.45) is 0 Å². The molecule has 0 aliphatic carbocycles. The van der Waals surface area contributed by atoms with E-state index < -0.39 is 0 Å². The largest absolute Gasteiger partial charge is 0.495 e. The fraction of sp³-hybridized carbons (Fsp3) is 0.727. The van der Waals surface area contributed by atoms with Crippen LogP contribution in [-0.2, 0) is 14.3 Å². The molecule has 2 fully saturated rings. The zero-order valence-electron chi connectivity index (χ0n) is 9.07. The molecule has 0 radical (unpaired) electrons. The number of ether oxygens (including phenoxy) is 2. The molecule has 0 bridgehead atoms. The van der Waals surface area contributed by atoms with Crippen molar-refractivity contribution in [2.45, 2.75) is 25.9 Å². The van der Waals surface area contributed by atoms with Crippen molar-refractivity contribution in [1.29, 1.82) is 0 Å². The van der Waals surface area contributed by atoms with Gasteiger partial charge in [0.25, 0.3) is 0 Å². The van der Waals surface area contributed by atoms with Crippen molar-refractivity contribution in [3.63, 3.8) is 0 Å². The Bertz CT molecular complexity index is 269. The molecule has 4 heteroatoms. The van der Waals surface area contributed by atoms with Crippen molar-refractivity contribution in [2.75, 3.05) is 26.3 Å². The van der Waals surface area contributed by atoms with Crippen LogP contribution < -0.4 is 0 Å². The topological polar surface area (TPSA) is 38.8 Å². The van der Waals surface area contributed by atoms with Gasteiger partial charge in [0.1, 0.15) is 5.76 Å². The highest BCUT2D eigenvalue weighted by atomic mass is 16.5. The predicted molar refractivity (Wildman–Crippen MR) is 55.3 cm³/mol. The molecule has 1 unspecified atom stereocenters. The van der Waals surface area contributed by atoms with Gasteiger partial charge in [0, 0.05) is 25.6 Å². The summed E-state index contributed by atoms with van der Waals surface area (Å²) >= 11 is 0. The van der Waals surface area contributed by atoms with Gasteiger partial charge in [0.2, 0.25) is 5.91 Å². The van der Waals surface area contributed by atoms with Crippen LogP contribution in [0.25, 0.3) is 0 Å². The first-order chi connectivity index (χ1) is 7.25. The van der Waals surface area contributed by atoms with Crippen LogP contribution in [0.3, 0.4) is 0 Å². The molecule has 2 aliphatic rings. The summed E-state index contributed by atoms with van der Waals surface area (Å²) in [6, 6.07) is 0. The second-order valence-electron chi connectivity index (χ2n) is 4.02. The van der Waals surface area contributed by atoms with Gasteiger partial charge in [-0.2, -0.15) is 0 Å². The third kappa shape index (κ3) is 2.72. The fourth-order valence-corrected chi connectivity index (χ4v) is 1.84. The van der Waals surface area contributed by atoms with Gasteiger partial charge >= 0.3 is 0 Å². The van der Waals surface area contributed by atoms with E-state index in [1.807, 2.05) is 11.8 Å². The van der Waals surface area contributed by atoms with Crippen LogP contribution in [0.1, 0.15) is 19.8 Å². The first kappa shape index (κ1) is 10.5. The van der Waals surface area contributed by atoms with Gasteiger partial charge in [0.05, 0.1) is 19.3 Å². The molecule has 1 atom stereocenters. The maximum atomic E-state index is 11.8. The maximum Gasteiger partial charge on any atom is 0.250 e. The SMILES string of the molecule is CC1CC/C(=C\C(=O)N2CCOCC2)O1. The summed E-state index contributed by atoms with van der Waals surface area (Å²) < 4.78 is 10.7. The molecule has 0 aromatic heterocycles. The summed E-state index contributed by atoms with van der Waals surface area (Å²) in [4.78, 5) is 13.6. The minimum Gasteiger partial charge on any atom is -0.495 e. The van der Waals surface area contributed by atoms with Crippen molar-refractivity contribution in [3.8, 4) is 0 Å². The van der Waals surface area contributed by atoms with Gasteiger partial charge < -0.3 is 14.4 Å². The highest BCUT2D eigenvalue weighted by Crippen LogP contribution is 2.22. The standard InChI is InChI=1S/C11H17NO3/c1-9-2-3-10(15-9)8-11(13)12-4-6-14-7-5-12/h8-9H,2-7H2,1H3/b10-8+. The highest BCUT2D eigenvalue weighted by Gasteiger charge is 2.20. The number of carbonyl (C=O) groups is 1. The van der Waals surface area contributed by atoms with Crippen molar-refractivity contribution < 1.29 is 14.3 Å². The molecule has 2 heterocycles. The summed E-state index contributed by atoms with van der Waals surface area (Å²) in [6.07, 6.45) is 3.79. The molecule has 4 nitrogen and oxygen atoms in total. The Morgan fingerprint density at radius 2 is 2.20 bits per heavy atom. The first-order valence-corrected chi connectivity index (χ1v) is 5.49. The predicted octanol–water partition coefficient (Wildman–Crippen LogP) is 0.928. The van der Waals surface area contributed by atoms with E-state index in [0.29, 0.717) is 26.3 Å². The van der Waals surface area contributed by atoms with E-state index in [9.17, 15) is 4.79 Å². The molecular formula is C11H17NO3. The Kier molecular flexibility index (Phi) is 3.26. The number of hydrogen-bond donors (Lipinski definition) is 0. The van der Waals surface area contributed by atoms with E-state index in [1.54, 1.807) is 6.08 Å². The van der Waals surface area contributed by atoms with Gasteiger partial charge in [0.15, 0.2) is 0 Å². The number of nitrogens with zero attached hydrogens (tertiary/aromatic N) is 1. The Morgan fingerprint density at radius 1 is 1.47 bits per heavy atom. The normalized spacial score (nSPS) is 29.3. The molecule has 1 amide bonds. The second kappa shape index (κ2) is 4.66. The van der Waals surface area contributed by atoms with Gasteiger partial charge in [-0.15, -0.1) is 0 Å². The first-order valence-electron chi connectivity index (χ1n) is 5.49. The highest BCUT2D eigenvalue weighted by molar-refractivity contribution is 5.88. The Morgan fingerprint density at radius 3 is 2.80 bits per heavy atom. The Balaban J connectivity index is 1.90. The van der Waals surface area contributed by atoms with E-state index in [2.05, 4.69) is 0 Å². The summed E-state index contributed by atoms with van der Waals surface area (Å²) in [5.74, 6) is 0.890. The van der Waals surface area contributed by atoms with E-state index in [1.165, 1.54) is 0 Å². The maximum absolute atomic E-state index is 11.8. The number of amides is 1. The Hall–Kier alpha value is -1.03. The molecule has 0 saturated carbocycles. The summed E-state index contributed by atoms with van der Waals surface area (Å²) in [7, 11) is 0. The Labute approximate surface area is 89.8 Å². The molecule has 84 valence electrons. The molecule has 0 aromatic carbocycles. The smallest absolute Gasteiger partial charge is 0.250 e. The summed E-state index contributed by atoms with van der Waals surface area (Å²) in [5.41, 5.74) is 0. The van der Waals surface area contributed by atoms with Crippen LogP contribution in [0.2, 0.25) is 0 Å². The van der Waals surface area contributed by atoms with E-state index in [-0.39, 0.29) is 12.0 Å².